The van der Waals surface area contributed by atoms with Crippen LogP contribution in [0.25, 0.3) is 0 Å². The van der Waals surface area contributed by atoms with Gasteiger partial charge in [0.25, 0.3) is 0 Å². The third-order valence-electron chi connectivity index (χ3n) is 4.13. The number of carbonyl (C=O) groups is 4. The minimum atomic E-state index is -1.31. The normalized spacial score (nSPS) is 13.5. The number of carboxylic acid groups (broad SMARTS) is 1. The Morgan fingerprint density at radius 1 is 1.00 bits per heavy atom. The molecule has 3 amide bonds. The molecule has 0 aliphatic rings. The number of amides is 3. The second-order valence-corrected chi connectivity index (χ2v) is 7.68. The summed E-state index contributed by atoms with van der Waals surface area (Å²) in [5, 5.41) is 23.9. The number of aliphatic carboxylic acids is 1. The average Bonchev–Trinajstić information content (AvgIpc) is 2.66. The number of unbranched alkanes of at least 4 members (excludes halogenated alkanes) is 1. The minimum absolute atomic E-state index is 0.160. The van der Waals surface area contributed by atoms with Crippen LogP contribution in [0.2, 0.25) is 0 Å². The van der Waals surface area contributed by atoms with Crippen molar-refractivity contribution in [3.63, 3.8) is 0 Å². The molecule has 11 N–H and O–H groups in total. The predicted octanol–water partition coefficient (Wildman–Crippen LogP) is -1.96. The number of primary amides is 1. The molecule has 0 heterocycles. The number of carbonyl (C=O) groups excluding carboxylic acids is 3. The lowest BCUT2D eigenvalue weighted by Gasteiger charge is -2.23. The summed E-state index contributed by atoms with van der Waals surface area (Å²) in [6.45, 7) is 0.418. The van der Waals surface area contributed by atoms with Crippen molar-refractivity contribution in [2.24, 2.45) is 17.2 Å². The van der Waals surface area contributed by atoms with E-state index in [-0.39, 0.29) is 25.2 Å². The first-order valence-corrected chi connectivity index (χ1v) is 10.9. The molecule has 0 spiro atoms. The van der Waals surface area contributed by atoms with E-state index in [0.29, 0.717) is 31.6 Å². The number of hydrogen-bond acceptors (Lipinski definition) is 7. The summed E-state index contributed by atoms with van der Waals surface area (Å²) in [5.74, 6) is -2.67. The lowest BCUT2D eigenvalue weighted by atomic mass is 10.1. The molecule has 0 fully saturated rings. The molecule has 13 heteroatoms. The summed E-state index contributed by atoms with van der Waals surface area (Å²) in [5.41, 5.74) is 16.1. The molecule has 0 saturated carbocycles. The molecule has 0 bridgehead atoms. The van der Waals surface area contributed by atoms with Crippen molar-refractivity contribution < 1.29 is 24.3 Å². The van der Waals surface area contributed by atoms with Gasteiger partial charge >= 0.3 is 5.97 Å². The molecule has 0 aromatic carbocycles. The molecule has 0 rings (SSSR count). The van der Waals surface area contributed by atoms with Crippen molar-refractivity contribution in [3.8, 4) is 0 Å². The zero-order valence-electron chi connectivity index (χ0n) is 17.1. The molecule has 30 heavy (non-hydrogen) atoms. The van der Waals surface area contributed by atoms with Gasteiger partial charge in [0.1, 0.15) is 12.1 Å². The monoisotopic (exact) mass is 447 g/mol. The molecule has 0 aromatic heterocycles. The predicted molar refractivity (Wildman–Crippen MR) is 115 cm³/mol. The molecule has 172 valence electrons. The number of nitrogens with two attached hydrogens (primary N) is 3. The number of carboxylic acids is 1. The number of hydrogen-bond donors (Lipinski definition) is 8. The fourth-order valence-electron chi connectivity index (χ4n) is 2.44. The maximum atomic E-state index is 12.6. The van der Waals surface area contributed by atoms with Gasteiger partial charge in [0.05, 0.1) is 6.04 Å². The Labute approximate surface area is 179 Å². The van der Waals surface area contributed by atoms with E-state index in [1.54, 1.807) is 0 Å². The van der Waals surface area contributed by atoms with Crippen molar-refractivity contribution in [1.29, 1.82) is 5.41 Å². The number of rotatable bonds is 16. The Hall–Kier alpha value is -2.54. The van der Waals surface area contributed by atoms with Gasteiger partial charge in [0, 0.05) is 13.0 Å². The highest BCUT2D eigenvalue weighted by atomic mass is 32.2. The van der Waals surface area contributed by atoms with Gasteiger partial charge in [-0.3, -0.25) is 19.8 Å². The van der Waals surface area contributed by atoms with Gasteiger partial charge in [-0.25, -0.2) is 4.79 Å². The largest absolute Gasteiger partial charge is 0.480 e. The summed E-state index contributed by atoms with van der Waals surface area (Å²) in [6.07, 6.45) is 3.25. The van der Waals surface area contributed by atoms with E-state index in [1.165, 1.54) is 11.8 Å². The van der Waals surface area contributed by atoms with Gasteiger partial charge in [0.2, 0.25) is 17.7 Å². The van der Waals surface area contributed by atoms with Gasteiger partial charge < -0.3 is 38.3 Å². The maximum absolute atomic E-state index is 12.6. The van der Waals surface area contributed by atoms with Crippen molar-refractivity contribution in [3.05, 3.63) is 0 Å². The highest BCUT2D eigenvalue weighted by Gasteiger charge is 2.27. The van der Waals surface area contributed by atoms with Gasteiger partial charge in [-0.1, -0.05) is 0 Å². The Bertz CT molecular complexity index is 605. The molecule has 3 atom stereocenters. The van der Waals surface area contributed by atoms with Crippen LogP contribution >= 0.6 is 11.8 Å². The van der Waals surface area contributed by atoms with Crippen LogP contribution in [0.15, 0.2) is 0 Å². The Morgan fingerprint density at radius 3 is 2.17 bits per heavy atom. The van der Waals surface area contributed by atoms with Crippen molar-refractivity contribution >= 4 is 41.4 Å². The van der Waals surface area contributed by atoms with Crippen LogP contribution in [0.5, 0.6) is 0 Å². The zero-order chi connectivity index (χ0) is 23.1. The smallest absolute Gasteiger partial charge is 0.326 e. The van der Waals surface area contributed by atoms with Crippen LogP contribution in [-0.2, 0) is 19.2 Å². The standard InChI is InChI=1S/C17H33N7O5S/c1-30-9-7-10(18)14(26)23-11(4-2-3-8-22-17(20)21)15(27)24-12(16(28)29)5-6-13(19)25/h10-12H,2-9,18H2,1H3,(H2,19,25)(H,23,26)(H,24,27)(H,28,29)(H4,20,21,22)/t10-,11-,12-/m0/s1. The first kappa shape index (κ1) is 27.5. The lowest BCUT2D eigenvalue weighted by Crippen LogP contribution is -2.54. The topological polar surface area (TPSA) is 227 Å². The van der Waals surface area contributed by atoms with Crippen LogP contribution in [-0.4, -0.2) is 71.4 Å². The Morgan fingerprint density at radius 2 is 1.63 bits per heavy atom. The Kier molecular flexibility index (Phi) is 14.0. The van der Waals surface area contributed by atoms with E-state index in [2.05, 4.69) is 16.0 Å². The van der Waals surface area contributed by atoms with Crippen molar-refractivity contribution in [2.45, 2.75) is 56.7 Å². The maximum Gasteiger partial charge on any atom is 0.326 e. The van der Waals surface area contributed by atoms with Crippen molar-refractivity contribution in [2.75, 3.05) is 18.6 Å². The number of thioether (sulfide) groups is 1. The summed E-state index contributed by atoms with van der Waals surface area (Å²) in [6, 6.07) is -3.10. The SMILES string of the molecule is CSCC[C@H](N)C(=O)N[C@@H](CCCCNC(=N)N)C(=O)N[C@@H](CCC(N)=O)C(=O)O. The molecule has 0 aromatic rings. The van der Waals surface area contributed by atoms with E-state index < -0.39 is 41.8 Å². The third kappa shape index (κ3) is 12.8. The van der Waals surface area contributed by atoms with Gasteiger partial charge in [-0.2, -0.15) is 11.8 Å². The number of guanidine groups is 1. The average molecular weight is 448 g/mol. The number of nitrogens with one attached hydrogen (secondary N) is 4. The van der Waals surface area contributed by atoms with E-state index in [4.69, 9.17) is 22.6 Å². The van der Waals surface area contributed by atoms with E-state index in [9.17, 15) is 24.3 Å². The lowest BCUT2D eigenvalue weighted by molar-refractivity contribution is -0.142. The molecular weight excluding hydrogens is 414 g/mol. The van der Waals surface area contributed by atoms with Crippen LogP contribution in [0, 0.1) is 5.41 Å². The van der Waals surface area contributed by atoms with Crippen LogP contribution in [0.1, 0.15) is 38.5 Å². The fourth-order valence-corrected chi connectivity index (χ4v) is 2.93. The molecule has 0 aliphatic carbocycles. The first-order chi connectivity index (χ1) is 14.1. The molecular formula is C17H33N7O5S. The molecule has 0 unspecified atom stereocenters. The molecule has 12 nitrogen and oxygen atoms in total. The quantitative estimate of drug-likeness (QED) is 0.0745. The summed E-state index contributed by atoms with van der Waals surface area (Å²) < 4.78 is 0. The van der Waals surface area contributed by atoms with Crippen LogP contribution in [0.4, 0.5) is 0 Å². The zero-order valence-corrected chi connectivity index (χ0v) is 17.9. The van der Waals surface area contributed by atoms with Gasteiger partial charge in [0.15, 0.2) is 5.96 Å². The summed E-state index contributed by atoms with van der Waals surface area (Å²) >= 11 is 1.54. The van der Waals surface area contributed by atoms with E-state index >= 15 is 0 Å². The highest BCUT2D eigenvalue weighted by Crippen LogP contribution is 2.06. The molecule has 0 saturated heterocycles. The third-order valence-corrected chi connectivity index (χ3v) is 4.78. The minimum Gasteiger partial charge on any atom is -0.480 e. The highest BCUT2D eigenvalue weighted by molar-refractivity contribution is 7.98. The van der Waals surface area contributed by atoms with E-state index in [0.717, 1.165) is 0 Å². The first-order valence-electron chi connectivity index (χ1n) is 9.52. The fraction of sp³-hybridized carbons (Fsp3) is 0.706. The van der Waals surface area contributed by atoms with Crippen LogP contribution < -0.4 is 33.2 Å². The van der Waals surface area contributed by atoms with Gasteiger partial charge in [-0.15, -0.1) is 0 Å². The second kappa shape index (κ2) is 15.3. The van der Waals surface area contributed by atoms with E-state index in [1.807, 2.05) is 6.26 Å². The van der Waals surface area contributed by atoms with Crippen LogP contribution in [0.3, 0.4) is 0 Å². The Balaban J connectivity index is 5.01. The molecule has 0 radical (unpaired) electrons. The molecule has 0 aliphatic heterocycles. The van der Waals surface area contributed by atoms with Gasteiger partial charge in [-0.05, 0) is 44.1 Å². The summed E-state index contributed by atoms with van der Waals surface area (Å²) in [7, 11) is 0. The second-order valence-electron chi connectivity index (χ2n) is 6.69. The van der Waals surface area contributed by atoms with Crippen molar-refractivity contribution in [1.82, 2.24) is 16.0 Å². The summed E-state index contributed by atoms with van der Waals surface area (Å²) in [4.78, 5) is 47.2.